The van der Waals surface area contributed by atoms with Gasteiger partial charge in [-0.25, -0.2) is 0 Å². The van der Waals surface area contributed by atoms with Crippen molar-refractivity contribution in [2.45, 2.75) is 33.0 Å². The molecule has 1 rings (SSSR count). The molecule has 0 spiro atoms. The molecule has 0 N–H and O–H groups in total. The van der Waals surface area contributed by atoms with E-state index in [2.05, 4.69) is 0 Å². The Morgan fingerprint density at radius 1 is 1.67 bits per heavy atom. The predicted octanol–water partition coefficient (Wildman–Crippen LogP) is 1.63. The summed E-state index contributed by atoms with van der Waals surface area (Å²) < 4.78 is 10.7. The van der Waals surface area contributed by atoms with E-state index in [0.29, 0.717) is 13.0 Å². The summed E-state index contributed by atoms with van der Waals surface area (Å²) in [6, 6.07) is 0. The van der Waals surface area contributed by atoms with Crippen molar-refractivity contribution in [3.63, 3.8) is 0 Å². The fourth-order valence-electron chi connectivity index (χ4n) is 0.978. The molecule has 0 aromatic rings. The van der Waals surface area contributed by atoms with E-state index in [-0.39, 0.29) is 5.78 Å². The number of rotatable bonds is 2. The van der Waals surface area contributed by atoms with Crippen LogP contribution in [0.5, 0.6) is 0 Å². The SMILES string of the molecule is CC(=O)C/C=C1/COC(C)(C)O1. The summed E-state index contributed by atoms with van der Waals surface area (Å²) in [6.07, 6.45) is 2.20. The van der Waals surface area contributed by atoms with Crippen LogP contribution in [-0.4, -0.2) is 18.2 Å². The first-order chi connectivity index (χ1) is 5.49. The number of ether oxygens (including phenoxy) is 2. The summed E-state index contributed by atoms with van der Waals surface area (Å²) >= 11 is 0. The Morgan fingerprint density at radius 3 is 2.75 bits per heavy atom. The third-order valence-electron chi connectivity index (χ3n) is 1.56. The number of Topliss-reactive ketones (excluding diaryl/α,β-unsaturated/α-hetero) is 1. The first kappa shape index (κ1) is 9.26. The molecule has 0 radical (unpaired) electrons. The number of carbonyl (C=O) groups excluding carboxylic acids is 1. The van der Waals surface area contributed by atoms with E-state index in [1.165, 1.54) is 0 Å². The van der Waals surface area contributed by atoms with Gasteiger partial charge in [-0.1, -0.05) is 0 Å². The molecule has 1 heterocycles. The zero-order chi connectivity index (χ0) is 9.19. The van der Waals surface area contributed by atoms with Crippen molar-refractivity contribution in [3.05, 3.63) is 11.8 Å². The topological polar surface area (TPSA) is 35.5 Å². The van der Waals surface area contributed by atoms with E-state index in [1.54, 1.807) is 13.0 Å². The standard InChI is InChI=1S/C9H14O3/c1-7(10)4-5-8-6-11-9(2,3)12-8/h5H,4,6H2,1-3H3/b8-5-. The normalized spacial score (nSPS) is 24.1. The third-order valence-corrected chi connectivity index (χ3v) is 1.56. The lowest BCUT2D eigenvalue weighted by Crippen LogP contribution is -2.18. The number of allylic oxidation sites excluding steroid dienone is 1. The van der Waals surface area contributed by atoms with Gasteiger partial charge in [0.1, 0.15) is 18.1 Å². The summed E-state index contributed by atoms with van der Waals surface area (Å²) in [7, 11) is 0. The van der Waals surface area contributed by atoms with Crippen molar-refractivity contribution >= 4 is 5.78 Å². The quantitative estimate of drug-likeness (QED) is 0.632. The van der Waals surface area contributed by atoms with Crippen LogP contribution in [0.25, 0.3) is 0 Å². The number of ketones is 1. The Hall–Kier alpha value is -0.830. The smallest absolute Gasteiger partial charge is 0.204 e. The van der Waals surface area contributed by atoms with Gasteiger partial charge in [-0.3, -0.25) is 4.79 Å². The van der Waals surface area contributed by atoms with E-state index in [1.807, 2.05) is 13.8 Å². The molecule has 0 unspecified atom stereocenters. The van der Waals surface area contributed by atoms with E-state index >= 15 is 0 Å². The first-order valence-electron chi connectivity index (χ1n) is 4.01. The fourth-order valence-corrected chi connectivity index (χ4v) is 0.978. The van der Waals surface area contributed by atoms with Gasteiger partial charge in [0.15, 0.2) is 0 Å². The molecule has 3 heteroatoms. The van der Waals surface area contributed by atoms with Gasteiger partial charge < -0.3 is 9.47 Å². The van der Waals surface area contributed by atoms with Crippen molar-refractivity contribution in [2.75, 3.05) is 6.61 Å². The highest BCUT2D eigenvalue weighted by Crippen LogP contribution is 2.24. The molecule has 0 aromatic carbocycles. The van der Waals surface area contributed by atoms with Gasteiger partial charge in [-0.05, 0) is 13.0 Å². The van der Waals surface area contributed by atoms with Gasteiger partial charge in [0.25, 0.3) is 0 Å². The molecule has 0 saturated carbocycles. The van der Waals surface area contributed by atoms with Gasteiger partial charge in [0, 0.05) is 20.3 Å². The lowest BCUT2D eigenvalue weighted by atomic mass is 10.3. The van der Waals surface area contributed by atoms with Gasteiger partial charge in [0.05, 0.1) is 0 Å². The maximum atomic E-state index is 10.6. The van der Waals surface area contributed by atoms with Crippen LogP contribution in [0.1, 0.15) is 27.2 Å². The van der Waals surface area contributed by atoms with Crippen LogP contribution in [0.15, 0.2) is 11.8 Å². The van der Waals surface area contributed by atoms with Crippen molar-refractivity contribution in [3.8, 4) is 0 Å². The Balaban J connectivity index is 2.46. The maximum absolute atomic E-state index is 10.6. The summed E-state index contributed by atoms with van der Waals surface area (Å²) in [4.78, 5) is 10.6. The van der Waals surface area contributed by atoms with Crippen molar-refractivity contribution < 1.29 is 14.3 Å². The highest BCUT2D eigenvalue weighted by molar-refractivity contribution is 5.77. The minimum absolute atomic E-state index is 0.135. The minimum atomic E-state index is -0.525. The van der Waals surface area contributed by atoms with Crippen LogP contribution in [0.4, 0.5) is 0 Å². The van der Waals surface area contributed by atoms with Crippen LogP contribution >= 0.6 is 0 Å². The Bertz CT molecular complexity index is 216. The average molecular weight is 170 g/mol. The molecular formula is C9H14O3. The molecule has 12 heavy (non-hydrogen) atoms. The van der Waals surface area contributed by atoms with Crippen molar-refractivity contribution in [1.29, 1.82) is 0 Å². The molecule has 0 aromatic heterocycles. The van der Waals surface area contributed by atoms with E-state index in [9.17, 15) is 4.79 Å². The van der Waals surface area contributed by atoms with Crippen LogP contribution in [0.3, 0.4) is 0 Å². The molecule has 1 fully saturated rings. The Labute approximate surface area is 72.4 Å². The molecule has 1 aliphatic rings. The summed E-state index contributed by atoms with van der Waals surface area (Å²) in [5.41, 5.74) is 0. The van der Waals surface area contributed by atoms with Crippen LogP contribution in [0, 0.1) is 0 Å². The second-order valence-electron chi connectivity index (χ2n) is 3.37. The van der Waals surface area contributed by atoms with Crippen molar-refractivity contribution in [2.24, 2.45) is 0 Å². The fraction of sp³-hybridized carbons (Fsp3) is 0.667. The molecule has 0 aliphatic carbocycles. The molecule has 68 valence electrons. The van der Waals surface area contributed by atoms with Crippen molar-refractivity contribution in [1.82, 2.24) is 0 Å². The van der Waals surface area contributed by atoms with E-state index in [0.717, 1.165) is 5.76 Å². The van der Waals surface area contributed by atoms with Gasteiger partial charge in [-0.15, -0.1) is 0 Å². The highest BCUT2D eigenvalue weighted by Gasteiger charge is 2.28. The van der Waals surface area contributed by atoms with E-state index in [4.69, 9.17) is 9.47 Å². The molecule has 0 atom stereocenters. The first-order valence-corrected chi connectivity index (χ1v) is 4.01. The molecule has 1 aliphatic heterocycles. The number of hydrogen-bond donors (Lipinski definition) is 0. The monoisotopic (exact) mass is 170 g/mol. The van der Waals surface area contributed by atoms with Gasteiger partial charge in [-0.2, -0.15) is 0 Å². The Kier molecular flexibility index (Phi) is 2.52. The summed E-state index contributed by atoms with van der Waals surface area (Å²) in [5.74, 6) is 0.369. The zero-order valence-electron chi connectivity index (χ0n) is 7.72. The van der Waals surface area contributed by atoms with Crippen LogP contribution < -0.4 is 0 Å². The lowest BCUT2D eigenvalue weighted by Gasteiger charge is -2.15. The zero-order valence-corrected chi connectivity index (χ0v) is 7.72. The maximum Gasteiger partial charge on any atom is 0.204 e. The second kappa shape index (κ2) is 3.27. The largest absolute Gasteiger partial charge is 0.465 e. The average Bonchev–Trinajstić information content (AvgIpc) is 2.26. The minimum Gasteiger partial charge on any atom is -0.465 e. The van der Waals surface area contributed by atoms with Gasteiger partial charge in [0.2, 0.25) is 5.79 Å². The molecular weight excluding hydrogens is 156 g/mol. The highest BCUT2D eigenvalue weighted by atomic mass is 16.7. The molecule has 3 nitrogen and oxygen atoms in total. The lowest BCUT2D eigenvalue weighted by molar-refractivity contribution is -0.118. The summed E-state index contributed by atoms with van der Waals surface area (Å²) in [6.45, 7) is 5.72. The van der Waals surface area contributed by atoms with Crippen LogP contribution in [-0.2, 0) is 14.3 Å². The molecule has 1 saturated heterocycles. The summed E-state index contributed by atoms with van der Waals surface area (Å²) in [5, 5.41) is 0. The van der Waals surface area contributed by atoms with E-state index < -0.39 is 5.79 Å². The molecule has 0 bridgehead atoms. The third kappa shape index (κ3) is 2.66. The van der Waals surface area contributed by atoms with Crippen LogP contribution in [0.2, 0.25) is 0 Å². The Morgan fingerprint density at radius 2 is 2.33 bits per heavy atom. The number of carbonyl (C=O) groups is 1. The number of hydrogen-bond acceptors (Lipinski definition) is 3. The van der Waals surface area contributed by atoms with Gasteiger partial charge >= 0.3 is 0 Å². The predicted molar refractivity (Wildman–Crippen MR) is 44.5 cm³/mol. The second-order valence-corrected chi connectivity index (χ2v) is 3.37. The molecule has 0 amide bonds.